The number of benzene rings is 1. The zero-order valence-corrected chi connectivity index (χ0v) is 12.1. The fourth-order valence-corrected chi connectivity index (χ4v) is 2.12. The predicted molar refractivity (Wildman–Crippen MR) is 82.1 cm³/mol. The maximum Gasteiger partial charge on any atom is 0.273 e. The van der Waals surface area contributed by atoms with Crippen molar-refractivity contribution in [2.24, 2.45) is 0 Å². The van der Waals surface area contributed by atoms with Gasteiger partial charge in [0.25, 0.3) is 5.91 Å². The number of pyridine rings is 1. The van der Waals surface area contributed by atoms with Crippen LogP contribution in [0, 0.1) is 6.92 Å². The third-order valence-electron chi connectivity index (χ3n) is 3.22. The van der Waals surface area contributed by atoms with Crippen LogP contribution in [0.15, 0.2) is 59.4 Å². The van der Waals surface area contributed by atoms with E-state index in [0.717, 1.165) is 16.7 Å². The van der Waals surface area contributed by atoms with Gasteiger partial charge in [-0.05, 0) is 24.6 Å². The fourth-order valence-electron chi connectivity index (χ4n) is 2.12. The molecule has 1 N–H and O–H groups in total. The van der Waals surface area contributed by atoms with E-state index < -0.39 is 0 Å². The summed E-state index contributed by atoms with van der Waals surface area (Å²) in [6.45, 7) is 2.47. The summed E-state index contributed by atoms with van der Waals surface area (Å²) >= 11 is 0. The molecule has 0 atom stereocenters. The summed E-state index contributed by atoms with van der Waals surface area (Å²) in [6.07, 6.45) is 3.34. The van der Waals surface area contributed by atoms with Crippen molar-refractivity contribution in [1.29, 1.82) is 0 Å². The zero-order chi connectivity index (χ0) is 15.4. The summed E-state index contributed by atoms with van der Waals surface area (Å²) < 4.78 is 5.19. The van der Waals surface area contributed by atoms with Crippen molar-refractivity contribution < 1.29 is 9.32 Å². The van der Waals surface area contributed by atoms with E-state index in [1.54, 1.807) is 24.5 Å². The molecule has 1 amide bonds. The number of aryl methyl sites for hydroxylation is 1. The molecule has 3 rings (SSSR count). The maximum atomic E-state index is 12.1. The summed E-state index contributed by atoms with van der Waals surface area (Å²) in [5.41, 5.74) is 3.25. The lowest BCUT2D eigenvalue weighted by Gasteiger charge is -2.03. The van der Waals surface area contributed by atoms with Crippen LogP contribution in [0.2, 0.25) is 0 Å². The molecule has 0 aliphatic rings. The SMILES string of the molecule is Cc1cccc(CNC(=O)c2cc(-c3cccnc3)on2)c1. The lowest BCUT2D eigenvalue weighted by Crippen LogP contribution is -2.23. The standard InChI is InChI=1S/C17H15N3O2/c1-12-4-2-5-13(8-12)10-19-17(21)15-9-16(22-20-15)14-6-3-7-18-11-14/h2-9,11H,10H2,1H3,(H,19,21). The first-order valence-electron chi connectivity index (χ1n) is 6.93. The van der Waals surface area contributed by atoms with Gasteiger partial charge in [-0.3, -0.25) is 9.78 Å². The molecule has 22 heavy (non-hydrogen) atoms. The molecule has 0 fully saturated rings. The normalized spacial score (nSPS) is 10.4. The second kappa shape index (κ2) is 6.22. The second-order valence-electron chi connectivity index (χ2n) is 4.99. The van der Waals surface area contributed by atoms with Gasteiger partial charge in [0.1, 0.15) is 0 Å². The van der Waals surface area contributed by atoms with Crippen molar-refractivity contribution >= 4 is 5.91 Å². The monoisotopic (exact) mass is 293 g/mol. The lowest BCUT2D eigenvalue weighted by molar-refractivity contribution is 0.0942. The van der Waals surface area contributed by atoms with E-state index in [1.165, 1.54) is 0 Å². The molecule has 0 bridgehead atoms. The highest BCUT2D eigenvalue weighted by Gasteiger charge is 2.13. The molecule has 110 valence electrons. The molecule has 0 aliphatic carbocycles. The Morgan fingerprint density at radius 3 is 2.91 bits per heavy atom. The third-order valence-corrected chi connectivity index (χ3v) is 3.22. The number of hydrogen-bond donors (Lipinski definition) is 1. The average Bonchev–Trinajstić information content (AvgIpc) is 3.04. The van der Waals surface area contributed by atoms with Crippen LogP contribution in [0.4, 0.5) is 0 Å². The van der Waals surface area contributed by atoms with Gasteiger partial charge in [-0.2, -0.15) is 0 Å². The van der Waals surface area contributed by atoms with E-state index in [9.17, 15) is 4.79 Å². The molecule has 2 aromatic heterocycles. The van der Waals surface area contributed by atoms with E-state index in [2.05, 4.69) is 15.5 Å². The van der Waals surface area contributed by atoms with Crippen molar-refractivity contribution in [2.75, 3.05) is 0 Å². The molecular formula is C17H15N3O2. The lowest BCUT2D eigenvalue weighted by atomic mass is 10.1. The number of rotatable bonds is 4. The molecule has 0 saturated heterocycles. The van der Waals surface area contributed by atoms with Gasteiger partial charge in [-0.1, -0.05) is 35.0 Å². The van der Waals surface area contributed by atoms with Crippen LogP contribution in [0.25, 0.3) is 11.3 Å². The molecule has 0 radical (unpaired) electrons. The molecule has 2 heterocycles. The summed E-state index contributed by atoms with van der Waals surface area (Å²) in [7, 11) is 0. The first-order valence-corrected chi connectivity index (χ1v) is 6.93. The minimum Gasteiger partial charge on any atom is -0.355 e. The Balaban J connectivity index is 1.67. The molecule has 0 aliphatic heterocycles. The van der Waals surface area contributed by atoms with Crippen LogP contribution < -0.4 is 5.32 Å². The maximum absolute atomic E-state index is 12.1. The van der Waals surface area contributed by atoms with Gasteiger partial charge in [0.15, 0.2) is 11.5 Å². The van der Waals surface area contributed by atoms with Gasteiger partial charge in [-0.15, -0.1) is 0 Å². The minimum absolute atomic E-state index is 0.256. The highest BCUT2D eigenvalue weighted by molar-refractivity contribution is 5.93. The molecule has 1 aromatic carbocycles. The topological polar surface area (TPSA) is 68.0 Å². The van der Waals surface area contributed by atoms with Crippen LogP contribution in [0.1, 0.15) is 21.6 Å². The smallest absolute Gasteiger partial charge is 0.273 e. The Hall–Kier alpha value is -2.95. The average molecular weight is 293 g/mol. The number of carbonyl (C=O) groups excluding carboxylic acids is 1. The predicted octanol–water partition coefficient (Wildman–Crippen LogP) is 2.98. The highest BCUT2D eigenvalue weighted by atomic mass is 16.5. The molecule has 5 nitrogen and oxygen atoms in total. The zero-order valence-electron chi connectivity index (χ0n) is 12.1. The number of carbonyl (C=O) groups is 1. The van der Waals surface area contributed by atoms with E-state index in [-0.39, 0.29) is 11.6 Å². The first-order chi connectivity index (χ1) is 10.7. The van der Waals surface area contributed by atoms with Crippen LogP contribution in [0.5, 0.6) is 0 Å². The number of hydrogen-bond acceptors (Lipinski definition) is 4. The molecule has 0 saturated carbocycles. The Morgan fingerprint density at radius 1 is 1.23 bits per heavy atom. The Morgan fingerprint density at radius 2 is 2.14 bits per heavy atom. The van der Waals surface area contributed by atoms with Crippen LogP contribution in [-0.4, -0.2) is 16.0 Å². The fraction of sp³-hybridized carbons (Fsp3) is 0.118. The van der Waals surface area contributed by atoms with Crippen molar-refractivity contribution in [3.05, 3.63) is 71.7 Å². The van der Waals surface area contributed by atoms with Crippen molar-refractivity contribution in [1.82, 2.24) is 15.5 Å². The van der Waals surface area contributed by atoms with Crippen molar-refractivity contribution in [2.45, 2.75) is 13.5 Å². The molecule has 3 aromatic rings. The van der Waals surface area contributed by atoms with E-state index >= 15 is 0 Å². The second-order valence-corrected chi connectivity index (χ2v) is 4.99. The Kier molecular flexibility index (Phi) is 3.96. The van der Waals surface area contributed by atoms with Gasteiger partial charge in [0.05, 0.1) is 0 Å². The van der Waals surface area contributed by atoms with Gasteiger partial charge < -0.3 is 9.84 Å². The largest absolute Gasteiger partial charge is 0.355 e. The van der Waals surface area contributed by atoms with E-state index in [1.807, 2.05) is 37.3 Å². The number of nitrogens with one attached hydrogen (secondary N) is 1. The van der Waals surface area contributed by atoms with Crippen molar-refractivity contribution in [3.8, 4) is 11.3 Å². The van der Waals surface area contributed by atoms with E-state index in [4.69, 9.17) is 4.52 Å². The number of amides is 1. The molecule has 5 heteroatoms. The van der Waals surface area contributed by atoms with Crippen LogP contribution >= 0.6 is 0 Å². The summed E-state index contributed by atoms with van der Waals surface area (Å²) in [6, 6.07) is 13.2. The Labute approximate surface area is 128 Å². The summed E-state index contributed by atoms with van der Waals surface area (Å²) in [4.78, 5) is 16.1. The summed E-state index contributed by atoms with van der Waals surface area (Å²) in [5, 5.41) is 6.64. The number of aromatic nitrogens is 2. The van der Waals surface area contributed by atoms with Crippen LogP contribution in [0.3, 0.4) is 0 Å². The quantitative estimate of drug-likeness (QED) is 0.803. The van der Waals surface area contributed by atoms with Gasteiger partial charge in [0, 0.05) is 30.6 Å². The highest BCUT2D eigenvalue weighted by Crippen LogP contribution is 2.18. The number of nitrogens with zero attached hydrogens (tertiary/aromatic N) is 2. The third kappa shape index (κ3) is 3.20. The summed E-state index contributed by atoms with van der Waals surface area (Å²) in [5.74, 6) is 0.259. The van der Waals surface area contributed by atoms with Gasteiger partial charge in [-0.25, -0.2) is 0 Å². The Bertz CT molecular complexity index is 781. The van der Waals surface area contributed by atoms with Gasteiger partial charge >= 0.3 is 0 Å². The van der Waals surface area contributed by atoms with Gasteiger partial charge in [0.2, 0.25) is 0 Å². The van der Waals surface area contributed by atoms with Crippen molar-refractivity contribution in [3.63, 3.8) is 0 Å². The minimum atomic E-state index is -0.264. The molecular weight excluding hydrogens is 278 g/mol. The first kappa shape index (κ1) is 14.0. The van der Waals surface area contributed by atoms with E-state index in [0.29, 0.717) is 12.3 Å². The van der Waals surface area contributed by atoms with Crippen LogP contribution in [-0.2, 0) is 6.54 Å². The molecule has 0 unspecified atom stereocenters. The molecule has 0 spiro atoms.